The van der Waals surface area contributed by atoms with Crippen molar-refractivity contribution in [1.82, 2.24) is 0 Å². The van der Waals surface area contributed by atoms with Crippen molar-refractivity contribution in [2.45, 2.75) is 5.92 Å². The summed E-state index contributed by atoms with van der Waals surface area (Å²) >= 11 is 2.17. The van der Waals surface area contributed by atoms with Crippen LogP contribution in [0.5, 0.6) is 23.0 Å². The van der Waals surface area contributed by atoms with Crippen LogP contribution in [0.15, 0.2) is 84.9 Å². The number of phenols is 1. The highest BCUT2D eigenvalue weighted by molar-refractivity contribution is 14.1. The Bertz CT molecular complexity index is 1440. The lowest BCUT2D eigenvalue weighted by Gasteiger charge is -2.31. The second-order valence-electron chi connectivity index (χ2n) is 7.99. The summed E-state index contributed by atoms with van der Waals surface area (Å²) in [6, 6.07) is 29.2. The summed E-state index contributed by atoms with van der Waals surface area (Å²) in [5, 5.41) is 29.2. The molecule has 0 amide bonds. The molecule has 0 aliphatic carbocycles. The highest BCUT2D eigenvalue weighted by atomic mass is 127. The fraction of sp³-hybridized carbons (Fsp3) is 0.133. The second kappa shape index (κ2) is 11.2. The summed E-state index contributed by atoms with van der Waals surface area (Å²) in [6.45, 7) is 0. The van der Waals surface area contributed by atoms with Gasteiger partial charge in [-0.2, -0.15) is 0 Å². The number of benzene rings is 5. The van der Waals surface area contributed by atoms with E-state index in [1.165, 1.54) is 10.8 Å². The minimum atomic E-state index is -0.0750. The van der Waals surface area contributed by atoms with Gasteiger partial charge in [-0.15, -0.1) is 0 Å². The number of aliphatic hydroxyl groups excluding tert-OH is 2. The molecule has 184 valence electrons. The lowest BCUT2D eigenvalue weighted by molar-refractivity contribution is 0.371. The van der Waals surface area contributed by atoms with Crippen LogP contribution in [0, 0.1) is 3.57 Å². The van der Waals surface area contributed by atoms with Gasteiger partial charge in [0.15, 0.2) is 11.5 Å². The molecular weight excluding hydrogens is 567 g/mol. The van der Waals surface area contributed by atoms with E-state index in [1.54, 1.807) is 7.11 Å². The minimum absolute atomic E-state index is 0.0750. The summed E-state index contributed by atoms with van der Waals surface area (Å²) in [6.07, 6.45) is 0. The van der Waals surface area contributed by atoms with Crippen molar-refractivity contribution in [3.63, 3.8) is 0 Å². The number of aromatic hydroxyl groups is 1. The summed E-state index contributed by atoms with van der Waals surface area (Å²) in [4.78, 5) is 0. The number of ether oxygens (including phenoxy) is 2. The molecule has 0 saturated carbocycles. The van der Waals surface area contributed by atoms with Crippen LogP contribution in [0.2, 0.25) is 0 Å². The van der Waals surface area contributed by atoms with Gasteiger partial charge in [0.1, 0.15) is 11.5 Å². The molecule has 0 aromatic heterocycles. The van der Waals surface area contributed by atoms with Gasteiger partial charge in [0.25, 0.3) is 0 Å². The lowest BCUT2D eigenvalue weighted by atomic mass is 9.78. The van der Waals surface area contributed by atoms with E-state index in [2.05, 4.69) is 95.4 Å². The summed E-state index contributed by atoms with van der Waals surface area (Å²) < 4.78 is 12.8. The van der Waals surface area contributed by atoms with E-state index >= 15 is 0 Å². The van der Waals surface area contributed by atoms with E-state index in [-0.39, 0.29) is 11.7 Å². The molecule has 1 aliphatic heterocycles. The Morgan fingerprint density at radius 2 is 1.22 bits per heavy atom. The van der Waals surface area contributed by atoms with E-state index in [9.17, 15) is 5.11 Å². The fourth-order valence-electron chi connectivity index (χ4n) is 4.84. The van der Waals surface area contributed by atoms with Crippen LogP contribution >= 0.6 is 22.6 Å². The van der Waals surface area contributed by atoms with Crippen LogP contribution < -0.4 is 9.47 Å². The van der Waals surface area contributed by atoms with Gasteiger partial charge in [0, 0.05) is 31.3 Å². The van der Waals surface area contributed by atoms with E-state index in [0.717, 1.165) is 56.8 Å². The predicted molar refractivity (Wildman–Crippen MR) is 153 cm³/mol. The van der Waals surface area contributed by atoms with E-state index in [4.69, 9.17) is 19.7 Å². The maximum absolute atomic E-state index is 10.5. The molecule has 5 aromatic rings. The minimum Gasteiger partial charge on any atom is -0.504 e. The van der Waals surface area contributed by atoms with Crippen molar-refractivity contribution < 1.29 is 24.8 Å². The summed E-state index contributed by atoms with van der Waals surface area (Å²) in [7, 11) is 3.59. The van der Waals surface area contributed by atoms with Crippen molar-refractivity contribution >= 4 is 44.1 Å². The molecule has 0 unspecified atom stereocenters. The number of methoxy groups -OCH3 is 1. The largest absolute Gasteiger partial charge is 0.504 e. The van der Waals surface area contributed by atoms with Gasteiger partial charge in [-0.25, -0.2) is 0 Å². The number of phenolic OH excluding ortho intramolecular Hbond substituents is 1. The highest BCUT2D eigenvalue weighted by Crippen LogP contribution is 2.53. The Morgan fingerprint density at radius 1 is 0.722 bits per heavy atom. The van der Waals surface area contributed by atoms with Gasteiger partial charge in [-0.3, -0.25) is 0 Å². The first-order valence-corrected chi connectivity index (χ1v) is 12.4. The first-order chi connectivity index (χ1) is 17.7. The van der Waals surface area contributed by atoms with E-state index in [1.807, 2.05) is 12.1 Å². The zero-order valence-electron chi connectivity index (χ0n) is 20.2. The molecule has 1 heterocycles. The topological polar surface area (TPSA) is 79.2 Å². The third-order valence-electron chi connectivity index (χ3n) is 6.26. The first-order valence-electron chi connectivity index (χ1n) is 11.3. The van der Waals surface area contributed by atoms with Crippen LogP contribution in [0.25, 0.3) is 21.5 Å². The molecule has 5 nitrogen and oxygen atoms in total. The van der Waals surface area contributed by atoms with Crippen LogP contribution in [0.4, 0.5) is 0 Å². The maximum Gasteiger partial charge on any atom is 0.171 e. The molecule has 0 bridgehead atoms. The molecule has 6 rings (SSSR count). The number of halogens is 1. The fourth-order valence-corrected chi connectivity index (χ4v) is 5.46. The van der Waals surface area contributed by atoms with Crippen LogP contribution in [-0.2, 0) is 0 Å². The van der Waals surface area contributed by atoms with Gasteiger partial charge >= 0.3 is 0 Å². The Morgan fingerprint density at radius 3 is 1.72 bits per heavy atom. The third-order valence-corrected chi connectivity index (χ3v) is 7.08. The zero-order valence-corrected chi connectivity index (χ0v) is 22.4. The SMILES string of the molecule is CO.CO.COc1cc(C2c3c(ccc4ccccc34)Oc3ccc4ccccc4c32)cc(I)c1O. The molecule has 0 radical (unpaired) electrons. The zero-order chi connectivity index (χ0) is 25.8. The third kappa shape index (κ3) is 4.36. The van der Waals surface area contributed by atoms with Crippen molar-refractivity contribution in [3.05, 3.63) is 105 Å². The van der Waals surface area contributed by atoms with Crippen molar-refractivity contribution in [1.29, 1.82) is 0 Å². The van der Waals surface area contributed by atoms with Crippen LogP contribution in [0.3, 0.4) is 0 Å². The standard InChI is InChI=1S/C28H19IO3.2CH4O/c1-31-24-15-18(14-21(29)28(24)30)25-26-19-8-4-2-6-16(19)10-12-22(26)32-23-13-11-17-7-3-5-9-20(17)27(23)25;2*1-2/h2-15,25,30H,1H3;2*2H,1H3. The van der Waals surface area contributed by atoms with Crippen molar-refractivity contribution in [2.75, 3.05) is 21.3 Å². The molecule has 5 aromatic carbocycles. The van der Waals surface area contributed by atoms with Crippen molar-refractivity contribution in [2.24, 2.45) is 0 Å². The molecule has 36 heavy (non-hydrogen) atoms. The Balaban J connectivity index is 0.000000726. The number of aliphatic hydroxyl groups is 2. The Labute approximate surface area is 223 Å². The average molecular weight is 594 g/mol. The molecule has 0 fully saturated rings. The normalized spacial score (nSPS) is 11.8. The van der Waals surface area contributed by atoms with Gasteiger partial charge in [-0.1, -0.05) is 60.7 Å². The molecule has 0 spiro atoms. The van der Waals surface area contributed by atoms with Gasteiger partial charge in [-0.05, 0) is 74.0 Å². The quantitative estimate of drug-likeness (QED) is 0.192. The van der Waals surface area contributed by atoms with Crippen molar-refractivity contribution in [3.8, 4) is 23.0 Å². The summed E-state index contributed by atoms with van der Waals surface area (Å²) in [5.41, 5.74) is 3.33. The van der Waals surface area contributed by atoms with Gasteiger partial charge in [0.2, 0.25) is 0 Å². The average Bonchev–Trinajstić information content (AvgIpc) is 2.95. The molecule has 3 N–H and O–H groups in total. The number of rotatable bonds is 2. The number of hydrogen-bond donors (Lipinski definition) is 3. The Kier molecular flexibility index (Phi) is 7.98. The van der Waals surface area contributed by atoms with E-state index in [0.29, 0.717) is 5.75 Å². The predicted octanol–water partition coefficient (Wildman–Crippen LogP) is 6.81. The molecule has 0 saturated heterocycles. The molecule has 6 heteroatoms. The first kappa shape index (κ1) is 25.8. The monoisotopic (exact) mass is 594 g/mol. The maximum atomic E-state index is 10.5. The van der Waals surface area contributed by atoms with Gasteiger partial charge in [0.05, 0.1) is 10.7 Å². The van der Waals surface area contributed by atoms with Crippen LogP contribution in [0.1, 0.15) is 22.6 Å². The molecular formula is C30H27IO5. The summed E-state index contributed by atoms with van der Waals surface area (Å²) in [5.74, 6) is 2.29. The molecule has 0 atom stereocenters. The van der Waals surface area contributed by atoms with Crippen LogP contribution in [-0.4, -0.2) is 36.6 Å². The highest BCUT2D eigenvalue weighted by Gasteiger charge is 2.33. The number of hydrogen-bond acceptors (Lipinski definition) is 5. The smallest absolute Gasteiger partial charge is 0.171 e. The van der Waals surface area contributed by atoms with E-state index < -0.39 is 0 Å². The van der Waals surface area contributed by atoms with Gasteiger partial charge < -0.3 is 24.8 Å². The number of fused-ring (bicyclic) bond motifs is 6. The lowest BCUT2D eigenvalue weighted by Crippen LogP contribution is -2.13. The second-order valence-corrected chi connectivity index (χ2v) is 9.15. The Hall–Kier alpha value is -3.33. The molecule has 1 aliphatic rings.